The van der Waals surface area contributed by atoms with Gasteiger partial charge in [-0.05, 0) is 45.7 Å². The van der Waals surface area contributed by atoms with Crippen LogP contribution >= 0.6 is 22.6 Å². The van der Waals surface area contributed by atoms with Crippen molar-refractivity contribution in [1.82, 2.24) is 4.31 Å². The lowest BCUT2D eigenvalue weighted by Gasteiger charge is -2.25. The summed E-state index contributed by atoms with van der Waals surface area (Å²) < 4.78 is 26.9. The van der Waals surface area contributed by atoms with E-state index in [0.717, 1.165) is 19.9 Å². The third-order valence-corrected chi connectivity index (χ3v) is 5.90. The molecule has 0 saturated heterocycles. The minimum atomic E-state index is -3.31. The van der Waals surface area contributed by atoms with Gasteiger partial charge in [0.25, 0.3) is 0 Å². The van der Waals surface area contributed by atoms with Gasteiger partial charge in [0.15, 0.2) is 0 Å². The minimum Gasteiger partial charge on any atom is -0.207 e. The highest BCUT2D eigenvalue weighted by atomic mass is 127. The molecule has 1 aliphatic rings. The molecule has 2 aromatic carbocycles. The second-order valence-electron chi connectivity index (χ2n) is 4.15. The number of sulfonamides is 1. The summed E-state index contributed by atoms with van der Waals surface area (Å²) in [4.78, 5) is 0.428. The molecule has 1 aliphatic heterocycles. The average Bonchev–Trinajstić information content (AvgIpc) is 2.30. The molecule has 0 amide bonds. The van der Waals surface area contributed by atoms with Crippen LogP contribution in [0.1, 0.15) is 5.56 Å². The van der Waals surface area contributed by atoms with Crippen LogP contribution in [0, 0.1) is 3.57 Å². The molecule has 5 heteroatoms. The average molecular weight is 359 g/mol. The van der Waals surface area contributed by atoms with Crippen molar-refractivity contribution in [2.24, 2.45) is 0 Å². The van der Waals surface area contributed by atoms with E-state index in [1.807, 2.05) is 18.2 Å². The Bertz CT molecular complexity index is 725. The zero-order valence-corrected chi connectivity index (χ0v) is 12.1. The summed E-state index contributed by atoms with van der Waals surface area (Å²) >= 11 is 2.24. The third-order valence-electron chi connectivity index (χ3n) is 3.12. The van der Waals surface area contributed by atoms with Crippen LogP contribution in [0.15, 0.2) is 35.2 Å². The number of halogens is 1. The van der Waals surface area contributed by atoms with Crippen LogP contribution in [0.2, 0.25) is 0 Å². The van der Waals surface area contributed by atoms with Gasteiger partial charge in [-0.1, -0.05) is 18.2 Å². The van der Waals surface area contributed by atoms with E-state index in [-0.39, 0.29) is 0 Å². The van der Waals surface area contributed by atoms with Crippen molar-refractivity contribution < 1.29 is 8.42 Å². The van der Waals surface area contributed by atoms with Gasteiger partial charge >= 0.3 is 0 Å². The zero-order chi connectivity index (χ0) is 12.2. The van der Waals surface area contributed by atoms with Gasteiger partial charge in [-0.3, -0.25) is 0 Å². The van der Waals surface area contributed by atoms with Crippen molar-refractivity contribution >= 4 is 43.4 Å². The summed E-state index contributed by atoms with van der Waals surface area (Å²) in [5.74, 6) is 0. The van der Waals surface area contributed by atoms with Crippen LogP contribution in [0.25, 0.3) is 10.8 Å². The fraction of sp³-hybridized carbons (Fsp3) is 0.167. The van der Waals surface area contributed by atoms with E-state index in [2.05, 4.69) is 22.6 Å². The van der Waals surface area contributed by atoms with E-state index < -0.39 is 10.0 Å². The van der Waals surface area contributed by atoms with Crippen molar-refractivity contribution in [3.63, 3.8) is 0 Å². The molecule has 0 fully saturated rings. The van der Waals surface area contributed by atoms with Crippen LogP contribution in [-0.2, 0) is 16.6 Å². The summed E-state index contributed by atoms with van der Waals surface area (Å²) in [6.07, 6.45) is 0. The van der Waals surface area contributed by atoms with E-state index in [0.29, 0.717) is 11.4 Å². The first kappa shape index (κ1) is 11.4. The standard InChI is InChI=1S/C12H10INO2S/c1-14-7-8-5-6-10(13)9-3-2-4-11(12(8)9)17(14,15)16/h2-6H,7H2,1H3. The van der Waals surface area contributed by atoms with E-state index in [1.54, 1.807) is 19.2 Å². The van der Waals surface area contributed by atoms with Crippen LogP contribution in [-0.4, -0.2) is 19.8 Å². The van der Waals surface area contributed by atoms with Crippen LogP contribution in [0.5, 0.6) is 0 Å². The summed E-state index contributed by atoms with van der Waals surface area (Å²) in [6, 6.07) is 9.52. The number of rotatable bonds is 0. The molecular weight excluding hydrogens is 349 g/mol. The van der Waals surface area contributed by atoms with Crippen LogP contribution < -0.4 is 0 Å². The van der Waals surface area contributed by atoms with Crippen molar-refractivity contribution in [2.75, 3.05) is 7.05 Å². The molecule has 3 nitrogen and oxygen atoms in total. The Kier molecular flexibility index (Phi) is 2.46. The molecule has 0 radical (unpaired) electrons. The number of nitrogens with zero attached hydrogens (tertiary/aromatic N) is 1. The topological polar surface area (TPSA) is 37.4 Å². The molecule has 0 aromatic heterocycles. The van der Waals surface area contributed by atoms with Crippen molar-refractivity contribution in [3.05, 3.63) is 39.5 Å². The molecule has 0 N–H and O–H groups in total. The summed E-state index contributed by atoms with van der Waals surface area (Å²) in [5, 5.41) is 1.91. The van der Waals surface area contributed by atoms with Gasteiger partial charge in [-0.15, -0.1) is 0 Å². The largest absolute Gasteiger partial charge is 0.243 e. The molecule has 0 atom stereocenters. The summed E-state index contributed by atoms with van der Waals surface area (Å²) in [5.41, 5.74) is 1.08. The molecule has 0 unspecified atom stereocenters. The predicted octanol–water partition coefficient (Wildman–Crippen LogP) is 2.58. The van der Waals surface area contributed by atoms with E-state index in [4.69, 9.17) is 0 Å². The number of hydrogen-bond donors (Lipinski definition) is 0. The highest BCUT2D eigenvalue weighted by Gasteiger charge is 2.29. The first-order valence-electron chi connectivity index (χ1n) is 5.18. The Morgan fingerprint density at radius 1 is 1.24 bits per heavy atom. The molecular formula is C12H10INO2S. The fourth-order valence-corrected chi connectivity index (χ4v) is 4.27. The van der Waals surface area contributed by atoms with Crippen molar-refractivity contribution in [2.45, 2.75) is 11.4 Å². The lowest BCUT2D eigenvalue weighted by atomic mass is 10.0. The molecule has 1 heterocycles. The highest BCUT2D eigenvalue weighted by molar-refractivity contribution is 14.1. The summed E-state index contributed by atoms with van der Waals surface area (Å²) in [6.45, 7) is 0.451. The monoisotopic (exact) mass is 359 g/mol. The minimum absolute atomic E-state index is 0.428. The van der Waals surface area contributed by atoms with E-state index in [9.17, 15) is 8.42 Å². The fourth-order valence-electron chi connectivity index (χ4n) is 2.25. The first-order chi connectivity index (χ1) is 8.01. The molecule has 0 saturated carbocycles. The number of hydrogen-bond acceptors (Lipinski definition) is 2. The molecule has 88 valence electrons. The second-order valence-corrected chi connectivity index (χ2v) is 7.32. The molecule has 3 rings (SSSR count). The zero-order valence-electron chi connectivity index (χ0n) is 9.14. The maximum Gasteiger partial charge on any atom is 0.243 e. The van der Waals surface area contributed by atoms with Crippen molar-refractivity contribution in [3.8, 4) is 0 Å². The van der Waals surface area contributed by atoms with E-state index in [1.165, 1.54) is 4.31 Å². The normalized spacial score (nSPS) is 18.5. The Morgan fingerprint density at radius 2 is 2.00 bits per heavy atom. The molecule has 0 bridgehead atoms. The third kappa shape index (κ3) is 1.52. The van der Waals surface area contributed by atoms with Gasteiger partial charge in [-0.25, -0.2) is 8.42 Å². The van der Waals surface area contributed by atoms with Gasteiger partial charge in [0.05, 0.1) is 4.90 Å². The maximum absolute atomic E-state index is 12.2. The van der Waals surface area contributed by atoms with Gasteiger partial charge in [-0.2, -0.15) is 4.31 Å². The first-order valence-corrected chi connectivity index (χ1v) is 7.70. The highest BCUT2D eigenvalue weighted by Crippen LogP contribution is 2.35. The molecule has 0 aliphatic carbocycles. The Balaban J connectivity index is 2.56. The van der Waals surface area contributed by atoms with Crippen LogP contribution in [0.3, 0.4) is 0 Å². The quantitative estimate of drug-likeness (QED) is 0.678. The van der Waals surface area contributed by atoms with Gasteiger partial charge < -0.3 is 0 Å². The Morgan fingerprint density at radius 3 is 2.76 bits per heavy atom. The molecule has 2 aromatic rings. The van der Waals surface area contributed by atoms with Gasteiger partial charge in [0.1, 0.15) is 0 Å². The van der Waals surface area contributed by atoms with E-state index >= 15 is 0 Å². The lowest BCUT2D eigenvalue weighted by Crippen LogP contribution is -2.30. The number of benzene rings is 2. The second kappa shape index (κ2) is 3.66. The lowest BCUT2D eigenvalue weighted by molar-refractivity contribution is 0.463. The SMILES string of the molecule is CN1Cc2ccc(I)c3cccc(c23)S1(=O)=O. The smallest absolute Gasteiger partial charge is 0.207 e. The summed E-state index contributed by atoms with van der Waals surface area (Å²) in [7, 11) is -1.69. The van der Waals surface area contributed by atoms with Crippen molar-refractivity contribution in [1.29, 1.82) is 0 Å². The maximum atomic E-state index is 12.2. The predicted molar refractivity (Wildman–Crippen MR) is 75.3 cm³/mol. The van der Waals surface area contributed by atoms with Crippen LogP contribution in [0.4, 0.5) is 0 Å². The van der Waals surface area contributed by atoms with Gasteiger partial charge in [0, 0.05) is 22.5 Å². The molecule has 0 spiro atoms. The van der Waals surface area contributed by atoms with Gasteiger partial charge in [0.2, 0.25) is 10.0 Å². The Hall–Kier alpha value is -0.660. The Labute approximate surface area is 114 Å². The molecule has 17 heavy (non-hydrogen) atoms.